The summed E-state index contributed by atoms with van der Waals surface area (Å²) in [6.45, 7) is -0.237. The summed E-state index contributed by atoms with van der Waals surface area (Å²) < 4.78 is 0. The van der Waals surface area contributed by atoms with E-state index in [9.17, 15) is 9.59 Å². The molecule has 1 N–H and O–H groups in total. The van der Waals surface area contributed by atoms with Crippen molar-refractivity contribution >= 4 is 17.6 Å². The Bertz CT molecular complexity index is 512. The number of pyridine rings is 1. The number of aliphatic hydroxyl groups excluding tert-OH is 1. The largest absolute Gasteiger partial charge is 0.384 e. The molecule has 5 heteroatoms. The maximum absolute atomic E-state index is 11.5. The first-order valence-electron chi connectivity index (χ1n) is 5.14. The topological polar surface area (TPSA) is 70.5 Å². The lowest BCUT2D eigenvalue weighted by atomic mass is 10.2. The Morgan fingerprint density at radius 1 is 1.35 bits per heavy atom. The third kappa shape index (κ3) is 2.32. The van der Waals surface area contributed by atoms with E-state index < -0.39 is 0 Å². The molecule has 1 saturated heterocycles. The van der Waals surface area contributed by atoms with E-state index in [2.05, 4.69) is 16.8 Å². The molecule has 1 aliphatic heterocycles. The van der Waals surface area contributed by atoms with Crippen molar-refractivity contribution in [3.05, 3.63) is 23.9 Å². The Labute approximate surface area is 98.1 Å². The molecule has 0 unspecified atom stereocenters. The number of aromatic nitrogens is 1. The van der Waals surface area contributed by atoms with Crippen LogP contribution >= 0.6 is 0 Å². The maximum atomic E-state index is 11.5. The first-order chi connectivity index (χ1) is 8.22. The highest BCUT2D eigenvalue weighted by molar-refractivity contribution is 6.19. The van der Waals surface area contributed by atoms with Gasteiger partial charge in [-0.15, -0.1) is 0 Å². The van der Waals surface area contributed by atoms with E-state index in [4.69, 9.17) is 5.11 Å². The molecule has 0 saturated carbocycles. The zero-order chi connectivity index (χ0) is 12.3. The summed E-state index contributed by atoms with van der Waals surface area (Å²) >= 11 is 0. The van der Waals surface area contributed by atoms with Gasteiger partial charge in [0.1, 0.15) is 12.4 Å². The molecule has 0 radical (unpaired) electrons. The van der Waals surface area contributed by atoms with Crippen LogP contribution in [0.4, 0.5) is 5.82 Å². The van der Waals surface area contributed by atoms with Gasteiger partial charge in [-0.1, -0.05) is 11.8 Å². The Kier molecular flexibility index (Phi) is 3.17. The first kappa shape index (κ1) is 11.3. The molecule has 1 aromatic rings. The zero-order valence-corrected chi connectivity index (χ0v) is 9.01. The summed E-state index contributed by atoms with van der Waals surface area (Å²) in [5.74, 6) is 5.00. The van der Waals surface area contributed by atoms with Crippen molar-refractivity contribution in [2.75, 3.05) is 11.5 Å². The standard InChI is InChI=1S/C12H10N2O3/c15-7-1-2-9-5-6-13-10(8-9)14-11(16)3-4-12(14)17/h5-6,8,15H,3-4,7H2. The van der Waals surface area contributed by atoms with Gasteiger partial charge in [-0.05, 0) is 12.1 Å². The van der Waals surface area contributed by atoms with E-state index in [-0.39, 0.29) is 31.3 Å². The lowest BCUT2D eigenvalue weighted by Gasteiger charge is -2.12. The van der Waals surface area contributed by atoms with E-state index in [1.807, 2.05) is 0 Å². The van der Waals surface area contributed by atoms with Gasteiger partial charge in [0.15, 0.2) is 0 Å². The normalized spacial score (nSPS) is 14.8. The molecule has 1 aliphatic rings. The van der Waals surface area contributed by atoms with Gasteiger partial charge >= 0.3 is 0 Å². The van der Waals surface area contributed by atoms with Gasteiger partial charge in [0.2, 0.25) is 11.8 Å². The lowest BCUT2D eigenvalue weighted by Crippen LogP contribution is -2.29. The number of aliphatic hydroxyl groups is 1. The van der Waals surface area contributed by atoms with E-state index in [1.54, 1.807) is 12.1 Å². The van der Waals surface area contributed by atoms with Gasteiger partial charge in [-0.25, -0.2) is 9.88 Å². The third-order valence-corrected chi connectivity index (χ3v) is 2.34. The lowest BCUT2D eigenvalue weighted by molar-refractivity contribution is -0.121. The van der Waals surface area contributed by atoms with Crippen LogP contribution in [-0.2, 0) is 9.59 Å². The van der Waals surface area contributed by atoms with E-state index in [0.717, 1.165) is 4.90 Å². The van der Waals surface area contributed by atoms with Crippen LogP contribution in [0.1, 0.15) is 18.4 Å². The van der Waals surface area contributed by atoms with Crippen LogP contribution in [-0.4, -0.2) is 28.5 Å². The molecular weight excluding hydrogens is 220 g/mol. The molecule has 17 heavy (non-hydrogen) atoms. The fourth-order valence-corrected chi connectivity index (χ4v) is 1.59. The molecule has 0 aromatic carbocycles. The Morgan fingerprint density at radius 3 is 2.71 bits per heavy atom. The minimum absolute atomic E-state index is 0.229. The molecule has 1 aromatic heterocycles. The second-order valence-corrected chi connectivity index (χ2v) is 3.49. The zero-order valence-electron chi connectivity index (χ0n) is 9.01. The summed E-state index contributed by atoms with van der Waals surface area (Å²) in [5.41, 5.74) is 0.608. The van der Waals surface area contributed by atoms with E-state index >= 15 is 0 Å². The van der Waals surface area contributed by atoms with Crippen LogP contribution in [0.2, 0.25) is 0 Å². The Balaban J connectivity index is 2.33. The number of anilines is 1. The Morgan fingerprint density at radius 2 is 2.06 bits per heavy atom. The van der Waals surface area contributed by atoms with Crippen LogP contribution in [0.15, 0.2) is 18.3 Å². The number of carbonyl (C=O) groups excluding carboxylic acids is 2. The number of imide groups is 1. The molecule has 2 heterocycles. The number of amides is 2. The molecule has 2 amide bonds. The predicted octanol–water partition coefficient (Wildman–Crippen LogP) is 0.0788. The van der Waals surface area contributed by atoms with Crippen LogP contribution in [0.3, 0.4) is 0 Å². The molecule has 1 fully saturated rings. The van der Waals surface area contributed by atoms with Crippen molar-refractivity contribution in [1.29, 1.82) is 0 Å². The summed E-state index contributed by atoms with van der Waals surface area (Å²) in [6, 6.07) is 3.21. The summed E-state index contributed by atoms with van der Waals surface area (Å²) in [4.78, 5) is 28.1. The summed E-state index contributed by atoms with van der Waals surface area (Å²) in [7, 11) is 0. The van der Waals surface area contributed by atoms with Gasteiger partial charge in [-0.3, -0.25) is 9.59 Å². The fourth-order valence-electron chi connectivity index (χ4n) is 1.59. The van der Waals surface area contributed by atoms with E-state index in [0.29, 0.717) is 11.4 Å². The van der Waals surface area contributed by atoms with Gasteiger partial charge in [-0.2, -0.15) is 0 Å². The summed E-state index contributed by atoms with van der Waals surface area (Å²) in [6.07, 6.45) is 1.94. The van der Waals surface area contributed by atoms with Crippen molar-refractivity contribution in [1.82, 2.24) is 4.98 Å². The molecule has 0 bridgehead atoms. The second-order valence-electron chi connectivity index (χ2n) is 3.49. The van der Waals surface area contributed by atoms with Crippen molar-refractivity contribution in [2.24, 2.45) is 0 Å². The monoisotopic (exact) mass is 230 g/mol. The molecular formula is C12H10N2O3. The number of hydrogen-bond acceptors (Lipinski definition) is 4. The van der Waals surface area contributed by atoms with Gasteiger partial charge < -0.3 is 5.11 Å². The predicted molar refractivity (Wildman–Crippen MR) is 59.9 cm³/mol. The Hall–Kier alpha value is -2.19. The first-order valence-corrected chi connectivity index (χ1v) is 5.14. The average molecular weight is 230 g/mol. The van der Waals surface area contributed by atoms with E-state index in [1.165, 1.54) is 6.20 Å². The van der Waals surface area contributed by atoms with Crippen molar-refractivity contribution < 1.29 is 14.7 Å². The van der Waals surface area contributed by atoms with Crippen molar-refractivity contribution in [3.8, 4) is 11.8 Å². The van der Waals surface area contributed by atoms with Crippen molar-refractivity contribution in [3.63, 3.8) is 0 Å². The number of hydrogen-bond donors (Lipinski definition) is 1. The maximum Gasteiger partial charge on any atom is 0.235 e. The number of rotatable bonds is 1. The average Bonchev–Trinajstić information content (AvgIpc) is 2.67. The SMILES string of the molecule is O=C1CCC(=O)N1c1cc(C#CCO)ccn1. The van der Waals surface area contributed by atoms with Gasteiger partial charge in [0, 0.05) is 24.6 Å². The van der Waals surface area contributed by atoms with Gasteiger partial charge in [0.05, 0.1) is 0 Å². The van der Waals surface area contributed by atoms with Crippen LogP contribution in [0.25, 0.3) is 0 Å². The molecule has 0 spiro atoms. The highest BCUT2D eigenvalue weighted by Gasteiger charge is 2.31. The summed E-state index contributed by atoms with van der Waals surface area (Å²) in [5, 5.41) is 8.58. The molecule has 2 rings (SSSR count). The van der Waals surface area contributed by atoms with Crippen LogP contribution in [0, 0.1) is 11.8 Å². The fraction of sp³-hybridized carbons (Fsp3) is 0.250. The molecule has 0 atom stereocenters. The van der Waals surface area contributed by atoms with Crippen LogP contribution < -0.4 is 4.90 Å². The second kappa shape index (κ2) is 4.76. The highest BCUT2D eigenvalue weighted by atomic mass is 16.2. The minimum atomic E-state index is -0.241. The smallest absolute Gasteiger partial charge is 0.235 e. The minimum Gasteiger partial charge on any atom is -0.384 e. The van der Waals surface area contributed by atoms with Crippen LogP contribution in [0.5, 0.6) is 0 Å². The van der Waals surface area contributed by atoms with Gasteiger partial charge in [0.25, 0.3) is 0 Å². The van der Waals surface area contributed by atoms with Crippen molar-refractivity contribution in [2.45, 2.75) is 12.8 Å². The molecule has 0 aliphatic carbocycles. The number of carbonyl (C=O) groups is 2. The molecule has 5 nitrogen and oxygen atoms in total. The quantitative estimate of drug-likeness (QED) is 0.548. The number of nitrogens with zero attached hydrogens (tertiary/aromatic N) is 2. The third-order valence-electron chi connectivity index (χ3n) is 2.34. The molecule has 86 valence electrons. The highest BCUT2D eigenvalue weighted by Crippen LogP contribution is 2.20.